The topological polar surface area (TPSA) is 105 Å². The van der Waals surface area contributed by atoms with E-state index in [-0.39, 0.29) is 30.6 Å². The van der Waals surface area contributed by atoms with Gasteiger partial charge in [0, 0.05) is 44.9 Å². The lowest BCUT2D eigenvalue weighted by atomic mass is 10.2. The summed E-state index contributed by atoms with van der Waals surface area (Å²) in [6.07, 6.45) is 1.16. The number of aryl methyl sites for hydroxylation is 1. The first-order valence-corrected chi connectivity index (χ1v) is 10.3. The number of rotatable bonds is 4. The van der Waals surface area contributed by atoms with Gasteiger partial charge in [-0.1, -0.05) is 18.2 Å². The highest BCUT2D eigenvalue weighted by Gasteiger charge is 2.28. The average molecular weight is 391 g/mol. The van der Waals surface area contributed by atoms with Crippen molar-refractivity contribution in [2.75, 3.05) is 37.8 Å². The minimum atomic E-state index is -3.25. The van der Waals surface area contributed by atoms with Gasteiger partial charge < -0.3 is 10.2 Å². The van der Waals surface area contributed by atoms with E-state index in [0.717, 1.165) is 6.26 Å². The van der Waals surface area contributed by atoms with E-state index in [1.165, 1.54) is 15.1 Å². The van der Waals surface area contributed by atoms with Crippen molar-refractivity contribution in [3.8, 4) is 0 Å². The summed E-state index contributed by atoms with van der Waals surface area (Å²) in [7, 11) is -1.62. The highest BCUT2D eigenvalue weighted by Crippen LogP contribution is 2.15. The third-order valence-electron chi connectivity index (χ3n) is 4.37. The summed E-state index contributed by atoms with van der Waals surface area (Å²) >= 11 is 0. The zero-order valence-electron chi connectivity index (χ0n) is 15.1. The average Bonchev–Trinajstić information content (AvgIpc) is 3.01. The Morgan fingerprint density at radius 2 is 1.70 bits per heavy atom. The van der Waals surface area contributed by atoms with Gasteiger partial charge in [0.2, 0.25) is 10.0 Å². The maximum absolute atomic E-state index is 12.6. The summed E-state index contributed by atoms with van der Waals surface area (Å²) < 4.78 is 25.9. The molecule has 2 amide bonds. The highest BCUT2D eigenvalue weighted by atomic mass is 32.2. The second-order valence-corrected chi connectivity index (χ2v) is 8.30. The molecule has 1 aliphatic rings. The maximum Gasteiger partial charge on any atom is 0.274 e. The van der Waals surface area contributed by atoms with Gasteiger partial charge in [-0.15, -0.1) is 0 Å². The highest BCUT2D eigenvalue weighted by molar-refractivity contribution is 7.88. The first kappa shape index (κ1) is 19.1. The van der Waals surface area contributed by atoms with Crippen LogP contribution in [0.15, 0.2) is 36.4 Å². The SMILES string of the molecule is Cn1nc(C(=O)N2CCN(S(C)(=O)=O)CC2)cc1NC(=O)c1ccccc1. The van der Waals surface area contributed by atoms with Crippen molar-refractivity contribution in [3.05, 3.63) is 47.7 Å². The number of hydrogen-bond donors (Lipinski definition) is 1. The number of amides is 2. The van der Waals surface area contributed by atoms with Crippen molar-refractivity contribution in [1.82, 2.24) is 19.0 Å². The molecule has 27 heavy (non-hydrogen) atoms. The largest absolute Gasteiger partial charge is 0.335 e. The van der Waals surface area contributed by atoms with Gasteiger partial charge in [0.05, 0.1) is 6.26 Å². The van der Waals surface area contributed by atoms with Gasteiger partial charge in [-0.2, -0.15) is 9.40 Å². The molecule has 0 unspecified atom stereocenters. The van der Waals surface area contributed by atoms with E-state index < -0.39 is 10.0 Å². The van der Waals surface area contributed by atoms with E-state index in [2.05, 4.69) is 10.4 Å². The lowest BCUT2D eigenvalue weighted by Gasteiger charge is -2.32. The molecule has 10 heteroatoms. The van der Waals surface area contributed by atoms with Crippen LogP contribution in [0, 0.1) is 0 Å². The van der Waals surface area contributed by atoms with Gasteiger partial charge in [-0.3, -0.25) is 14.3 Å². The van der Waals surface area contributed by atoms with Crippen LogP contribution in [0.1, 0.15) is 20.8 Å². The molecule has 0 saturated carbocycles. The number of hydrogen-bond acceptors (Lipinski definition) is 5. The first-order valence-electron chi connectivity index (χ1n) is 8.40. The lowest BCUT2D eigenvalue weighted by molar-refractivity contribution is 0.0691. The number of aromatic nitrogens is 2. The zero-order valence-corrected chi connectivity index (χ0v) is 15.9. The van der Waals surface area contributed by atoms with Crippen LogP contribution in [0.5, 0.6) is 0 Å². The van der Waals surface area contributed by atoms with Crippen LogP contribution < -0.4 is 5.32 Å². The molecule has 3 rings (SSSR count). The van der Waals surface area contributed by atoms with Crippen LogP contribution in [0.2, 0.25) is 0 Å². The molecule has 1 fully saturated rings. The predicted molar refractivity (Wildman–Crippen MR) is 99.9 cm³/mol. The quantitative estimate of drug-likeness (QED) is 0.812. The molecule has 1 aliphatic heterocycles. The van der Waals surface area contributed by atoms with Crippen molar-refractivity contribution in [1.29, 1.82) is 0 Å². The molecule has 2 heterocycles. The smallest absolute Gasteiger partial charge is 0.274 e. The van der Waals surface area contributed by atoms with Crippen LogP contribution in [-0.2, 0) is 17.1 Å². The molecule has 2 aromatic rings. The van der Waals surface area contributed by atoms with Crippen molar-refractivity contribution in [2.45, 2.75) is 0 Å². The Balaban J connectivity index is 1.67. The number of nitrogens with one attached hydrogen (secondary N) is 1. The summed E-state index contributed by atoms with van der Waals surface area (Å²) in [6.45, 7) is 1.12. The molecule has 0 bridgehead atoms. The fraction of sp³-hybridized carbons (Fsp3) is 0.353. The number of carbonyl (C=O) groups excluding carboxylic acids is 2. The lowest BCUT2D eigenvalue weighted by Crippen LogP contribution is -2.50. The van der Waals surface area contributed by atoms with Gasteiger partial charge in [-0.25, -0.2) is 8.42 Å². The molecule has 0 radical (unpaired) electrons. The summed E-state index contributed by atoms with van der Waals surface area (Å²) in [5.41, 5.74) is 0.706. The van der Waals surface area contributed by atoms with Crippen molar-refractivity contribution in [3.63, 3.8) is 0 Å². The van der Waals surface area contributed by atoms with Crippen molar-refractivity contribution in [2.24, 2.45) is 7.05 Å². The van der Waals surface area contributed by atoms with Gasteiger partial charge in [0.15, 0.2) is 5.69 Å². The standard InChI is InChI=1S/C17H21N5O4S/c1-20-15(18-16(23)13-6-4-3-5-7-13)12-14(19-20)17(24)21-8-10-22(11-9-21)27(2,25)26/h3-7,12H,8-11H2,1-2H3,(H,18,23). The van der Waals surface area contributed by atoms with Crippen LogP contribution in [0.4, 0.5) is 5.82 Å². The molecule has 1 saturated heterocycles. The Bertz CT molecular complexity index is 947. The third kappa shape index (κ3) is 4.34. The Morgan fingerprint density at radius 3 is 2.30 bits per heavy atom. The zero-order chi connectivity index (χ0) is 19.6. The van der Waals surface area contributed by atoms with Gasteiger partial charge >= 0.3 is 0 Å². The molecule has 9 nitrogen and oxygen atoms in total. The molecule has 1 N–H and O–H groups in total. The van der Waals surface area contributed by atoms with E-state index in [1.807, 2.05) is 6.07 Å². The fourth-order valence-corrected chi connectivity index (χ4v) is 3.68. The minimum Gasteiger partial charge on any atom is -0.335 e. The van der Waals surface area contributed by atoms with E-state index in [4.69, 9.17) is 0 Å². The molecule has 0 spiro atoms. The number of nitrogens with zero attached hydrogens (tertiary/aromatic N) is 4. The van der Waals surface area contributed by atoms with E-state index in [1.54, 1.807) is 36.2 Å². The number of benzene rings is 1. The Labute approximate surface area is 157 Å². The Kier molecular flexibility index (Phi) is 5.29. The van der Waals surface area contributed by atoms with Gasteiger partial charge in [0.1, 0.15) is 5.82 Å². The van der Waals surface area contributed by atoms with Crippen molar-refractivity contribution >= 4 is 27.7 Å². The number of anilines is 1. The summed E-state index contributed by atoms with van der Waals surface area (Å²) in [6, 6.07) is 10.3. The predicted octanol–water partition coefficient (Wildman–Crippen LogP) is 0.390. The molecule has 1 aromatic carbocycles. The summed E-state index contributed by atoms with van der Waals surface area (Å²) in [4.78, 5) is 26.5. The normalized spacial score (nSPS) is 15.6. The van der Waals surface area contributed by atoms with E-state index >= 15 is 0 Å². The van der Waals surface area contributed by atoms with E-state index in [9.17, 15) is 18.0 Å². The molecule has 0 aliphatic carbocycles. The second kappa shape index (κ2) is 7.49. The molecule has 144 valence electrons. The summed E-state index contributed by atoms with van der Waals surface area (Å²) in [5.74, 6) is -0.180. The van der Waals surface area contributed by atoms with Crippen LogP contribution in [0.25, 0.3) is 0 Å². The fourth-order valence-electron chi connectivity index (χ4n) is 2.85. The Morgan fingerprint density at radius 1 is 1.07 bits per heavy atom. The minimum absolute atomic E-state index is 0.202. The van der Waals surface area contributed by atoms with Crippen LogP contribution in [0.3, 0.4) is 0 Å². The maximum atomic E-state index is 12.6. The van der Waals surface area contributed by atoms with Gasteiger partial charge in [0.25, 0.3) is 11.8 Å². The first-order chi connectivity index (χ1) is 12.8. The molecule has 1 aromatic heterocycles. The molecular weight excluding hydrogens is 370 g/mol. The number of sulfonamides is 1. The van der Waals surface area contributed by atoms with E-state index in [0.29, 0.717) is 24.5 Å². The number of carbonyl (C=O) groups is 2. The monoisotopic (exact) mass is 391 g/mol. The van der Waals surface area contributed by atoms with Gasteiger partial charge in [-0.05, 0) is 12.1 Å². The molecular formula is C17H21N5O4S. The molecule has 0 atom stereocenters. The van der Waals surface area contributed by atoms with Crippen LogP contribution in [-0.4, -0.2) is 71.7 Å². The second-order valence-electron chi connectivity index (χ2n) is 6.31. The number of piperazine rings is 1. The Hall–Kier alpha value is -2.72. The third-order valence-corrected chi connectivity index (χ3v) is 5.67. The van der Waals surface area contributed by atoms with Crippen molar-refractivity contribution < 1.29 is 18.0 Å². The summed E-state index contributed by atoms with van der Waals surface area (Å²) in [5, 5.41) is 6.91. The van der Waals surface area contributed by atoms with Crippen LogP contribution >= 0.6 is 0 Å².